The molecule has 76 valence electrons. The zero-order chi connectivity index (χ0) is 10.3. The van der Waals surface area contributed by atoms with E-state index in [1.807, 2.05) is 10.8 Å². The quantitative estimate of drug-likeness (QED) is 0.631. The molecule has 0 saturated heterocycles. The van der Waals surface area contributed by atoms with Gasteiger partial charge in [0.2, 0.25) is 5.91 Å². The molecular formula is C11H16N2O. The molecule has 0 aliphatic carbocycles. The largest absolute Gasteiger partial charge is 0.274 e. The number of hydrogen-bond acceptors (Lipinski definition) is 2. The monoisotopic (exact) mass is 192 g/mol. The van der Waals surface area contributed by atoms with Gasteiger partial charge in [0, 0.05) is 23.7 Å². The molecule has 0 saturated carbocycles. The number of rotatable bonds is 0. The topological polar surface area (TPSA) is 34.9 Å². The van der Waals surface area contributed by atoms with Crippen LogP contribution < -0.4 is 0 Å². The Bertz CT molecular complexity index is 371. The van der Waals surface area contributed by atoms with E-state index in [1.54, 1.807) is 0 Å². The molecule has 0 amide bonds. The third kappa shape index (κ3) is 1.37. The summed E-state index contributed by atoms with van der Waals surface area (Å²) in [5, 5.41) is 0. The molecule has 0 bridgehead atoms. The Morgan fingerprint density at radius 2 is 2.07 bits per heavy atom. The van der Waals surface area contributed by atoms with Crippen LogP contribution in [0.2, 0.25) is 0 Å². The number of carbonyl (C=O) groups excluding carboxylic acids is 1. The summed E-state index contributed by atoms with van der Waals surface area (Å²) in [6.45, 7) is 6.26. The predicted molar refractivity (Wildman–Crippen MR) is 54.5 cm³/mol. The Morgan fingerprint density at radius 1 is 1.36 bits per heavy atom. The number of fused-ring (bicyclic) bond motifs is 1. The molecule has 2 rings (SSSR count). The van der Waals surface area contributed by atoms with Crippen molar-refractivity contribution in [2.24, 2.45) is 0 Å². The smallest absolute Gasteiger partial charge is 0.232 e. The molecule has 1 aromatic heterocycles. The van der Waals surface area contributed by atoms with E-state index in [9.17, 15) is 4.79 Å². The van der Waals surface area contributed by atoms with Crippen LogP contribution >= 0.6 is 0 Å². The van der Waals surface area contributed by atoms with Crippen molar-refractivity contribution >= 4 is 5.91 Å². The first-order valence-corrected chi connectivity index (χ1v) is 5.10. The second-order valence-electron chi connectivity index (χ2n) is 4.91. The molecule has 0 aromatic carbocycles. The number of hydrogen-bond donors (Lipinski definition) is 0. The van der Waals surface area contributed by atoms with Crippen molar-refractivity contribution in [2.75, 3.05) is 0 Å². The summed E-state index contributed by atoms with van der Waals surface area (Å²) in [6, 6.07) is 0. The number of aromatic nitrogens is 2. The van der Waals surface area contributed by atoms with Crippen LogP contribution in [0.15, 0.2) is 6.20 Å². The van der Waals surface area contributed by atoms with Crippen LogP contribution in [-0.4, -0.2) is 15.5 Å². The number of imidazole rings is 1. The predicted octanol–water partition coefficient (Wildman–Crippen LogP) is 2.16. The summed E-state index contributed by atoms with van der Waals surface area (Å²) in [5.41, 5.74) is 1.02. The van der Waals surface area contributed by atoms with Gasteiger partial charge in [-0.15, -0.1) is 0 Å². The second kappa shape index (κ2) is 2.94. The first-order valence-electron chi connectivity index (χ1n) is 5.10. The fraction of sp³-hybridized carbons (Fsp3) is 0.636. The molecule has 0 atom stereocenters. The van der Waals surface area contributed by atoms with Crippen molar-refractivity contribution < 1.29 is 4.79 Å². The van der Waals surface area contributed by atoms with Crippen LogP contribution in [0.4, 0.5) is 0 Å². The van der Waals surface area contributed by atoms with Gasteiger partial charge in [-0.25, -0.2) is 4.98 Å². The summed E-state index contributed by atoms with van der Waals surface area (Å²) in [5.74, 6) is 1.10. The van der Waals surface area contributed by atoms with Crippen molar-refractivity contribution in [3.8, 4) is 0 Å². The van der Waals surface area contributed by atoms with E-state index in [4.69, 9.17) is 0 Å². The van der Waals surface area contributed by atoms with E-state index in [1.165, 1.54) is 0 Å². The number of carbonyl (C=O) groups is 1. The normalized spacial score (nSPS) is 16.9. The van der Waals surface area contributed by atoms with Gasteiger partial charge in [-0.1, -0.05) is 20.8 Å². The molecule has 14 heavy (non-hydrogen) atoms. The van der Waals surface area contributed by atoms with Crippen molar-refractivity contribution in [1.29, 1.82) is 0 Å². The maximum Gasteiger partial charge on any atom is 0.232 e. The van der Waals surface area contributed by atoms with E-state index in [2.05, 4.69) is 25.8 Å². The average Bonchev–Trinajstić information content (AvgIpc) is 2.47. The summed E-state index contributed by atoms with van der Waals surface area (Å²) in [7, 11) is 0. The van der Waals surface area contributed by atoms with Gasteiger partial charge in [-0.05, 0) is 12.8 Å². The highest BCUT2D eigenvalue weighted by Crippen LogP contribution is 2.25. The first-order chi connectivity index (χ1) is 6.50. The van der Waals surface area contributed by atoms with Crippen molar-refractivity contribution in [3.63, 3.8) is 0 Å². The van der Waals surface area contributed by atoms with Crippen LogP contribution in [0.25, 0.3) is 0 Å². The lowest BCUT2D eigenvalue weighted by Gasteiger charge is -2.22. The number of nitrogens with zero attached hydrogens (tertiary/aromatic N) is 2. The Kier molecular flexibility index (Phi) is 1.98. The van der Waals surface area contributed by atoms with Crippen LogP contribution in [-0.2, 0) is 11.8 Å². The lowest BCUT2D eigenvalue weighted by Crippen LogP contribution is -2.27. The summed E-state index contributed by atoms with van der Waals surface area (Å²) < 4.78 is 1.81. The van der Waals surface area contributed by atoms with Crippen LogP contribution in [0.3, 0.4) is 0 Å². The third-order valence-corrected chi connectivity index (χ3v) is 2.58. The van der Waals surface area contributed by atoms with Gasteiger partial charge in [0.1, 0.15) is 5.82 Å². The molecule has 3 heteroatoms. The van der Waals surface area contributed by atoms with Gasteiger partial charge >= 0.3 is 0 Å². The molecular weight excluding hydrogens is 176 g/mol. The van der Waals surface area contributed by atoms with Gasteiger partial charge in [0.05, 0.1) is 0 Å². The van der Waals surface area contributed by atoms with Crippen LogP contribution in [0.5, 0.6) is 0 Å². The van der Waals surface area contributed by atoms with Crippen LogP contribution in [0.1, 0.15) is 49.9 Å². The summed E-state index contributed by atoms with van der Waals surface area (Å²) in [4.78, 5) is 16.1. The average molecular weight is 192 g/mol. The lowest BCUT2D eigenvalue weighted by molar-refractivity contribution is 0.0875. The van der Waals surface area contributed by atoms with Crippen molar-refractivity contribution in [2.45, 2.75) is 45.4 Å². The van der Waals surface area contributed by atoms with Gasteiger partial charge in [0.15, 0.2) is 0 Å². The van der Waals surface area contributed by atoms with E-state index < -0.39 is 0 Å². The second-order valence-corrected chi connectivity index (χ2v) is 4.91. The van der Waals surface area contributed by atoms with E-state index in [0.29, 0.717) is 6.42 Å². The molecule has 0 spiro atoms. The van der Waals surface area contributed by atoms with Crippen molar-refractivity contribution in [3.05, 3.63) is 17.7 Å². The molecule has 0 fully saturated rings. The molecule has 0 N–H and O–H groups in total. The lowest BCUT2D eigenvalue weighted by atomic mass is 9.95. The Hall–Kier alpha value is -1.12. The summed E-state index contributed by atoms with van der Waals surface area (Å²) in [6.07, 6.45) is 4.45. The highest BCUT2D eigenvalue weighted by molar-refractivity contribution is 5.81. The molecule has 2 heterocycles. The molecule has 1 aromatic rings. The maximum atomic E-state index is 11.7. The van der Waals surface area contributed by atoms with Gasteiger partial charge in [-0.3, -0.25) is 9.36 Å². The Morgan fingerprint density at radius 3 is 2.71 bits per heavy atom. The zero-order valence-corrected chi connectivity index (χ0v) is 9.00. The highest BCUT2D eigenvalue weighted by atomic mass is 16.2. The molecule has 1 aliphatic heterocycles. The minimum Gasteiger partial charge on any atom is -0.274 e. The fourth-order valence-electron chi connectivity index (χ4n) is 1.90. The highest BCUT2D eigenvalue weighted by Gasteiger charge is 2.27. The Balaban J connectivity index is 2.54. The van der Waals surface area contributed by atoms with E-state index in [-0.39, 0.29) is 11.3 Å². The minimum absolute atomic E-state index is 0.0503. The third-order valence-electron chi connectivity index (χ3n) is 2.58. The SMILES string of the molecule is CC(C)(C)c1ncc2n1C(=O)CCC2. The molecule has 0 radical (unpaired) electrons. The number of aryl methyl sites for hydroxylation is 1. The minimum atomic E-state index is -0.0503. The van der Waals surface area contributed by atoms with E-state index in [0.717, 1.165) is 24.4 Å². The van der Waals surface area contributed by atoms with E-state index >= 15 is 0 Å². The van der Waals surface area contributed by atoms with Gasteiger partial charge < -0.3 is 0 Å². The standard InChI is InChI=1S/C11H16N2O/c1-11(2,3)10-12-7-8-5-4-6-9(14)13(8)10/h7H,4-6H2,1-3H3. The molecule has 0 unspecified atom stereocenters. The Labute approximate surface area is 84.1 Å². The van der Waals surface area contributed by atoms with Gasteiger partial charge in [0.25, 0.3) is 0 Å². The first kappa shape index (κ1) is 9.44. The zero-order valence-electron chi connectivity index (χ0n) is 9.00. The maximum absolute atomic E-state index is 11.7. The van der Waals surface area contributed by atoms with Crippen LogP contribution in [0, 0.1) is 0 Å². The summed E-state index contributed by atoms with van der Waals surface area (Å²) >= 11 is 0. The molecule has 1 aliphatic rings. The molecule has 3 nitrogen and oxygen atoms in total. The van der Waals surface area contributed by atoms with Gasteiger partial charge in [-0.2, -0.15) is 0 Å². The fourth-order valence-corrected chi connectivity index (χ4v) is 1.90. The van der Waals surface area contributed by atoms with Crippen molar-refractivity contribution in [1.82, 2.24) is 9.55 Å².